The maximum atomic E-state index is 4.53. The molecule has 0 fully saturated rings. The van der Waals surface area contributed by atoms with E-state index in [4.69, 9.17) is 0 Å². The lowest BCUT2D eigenvalue weighted by molar-refractivity contribution is 0.690. The Hall–Kier alpha value is 0.611. The molecule has 0 bridgehead atoms. The van der Waals surface area contributed by atoms with Gasteiger partial charge in [0, 0.05) is 0 Å². The monoisotopic (exact) mass is 107 g/mol. The summed E-state index contributed by atoms with van der Waals surface area (Å²) in [6, 6.07) is 0. The molecule has 4 heavy (non-hydrogen) atoms. The molecular formula is H7OSi3. The lowest BCUT2D eigenvalue weighted by Gasteiger charge is -1.62. The highest BCUT2D eigenvalue weighted by Gasteiger charge is 1.28. The number of hydrogen-bond acceptors (Lipinski definition) is 1. The molecule has 0 rings (SSSR count). The Morgan fingerprint density at radius 2 is 1.25 bits per heavy atom. The fraction of sp³-hybridized carbons (Fsp3) is 0. The quantitative estimate of drug-likeness (QED) is 0.298. The fourth-order valence-electron chi connectivity index (χ4n) is 0. The Kier molecular flexibility index (Phi) is 20.9. The Labute approximate surface area is 36.9 Å². The lowest BCUT2D eigenvalue weighted by atomic mass is 15.8. The Morgan fingerprint density at radius 3 is 1.25 bits per heavy atom. The molecule has 0 aromatic heterocycles. The van der Waals surface area contributed by atoms with Crippen LogP contribution < -0.4 is 0 Å². The van der Waals surface area contributed by atoms with Crippen molar-refractivity contribution in [2.45, 2.75) is 0 Å². The van der Waals surface area contributed by atoms with Crippen molar-refractivity contribution in [1.82, 2.24) is 0 Å². The molecule has 0 aliphatic rings. The van der Waals surface area contributed by atoms with E-state index in [1.54, 1.807) is 0 Å². The number of rotatable bonds is 0. The maximum Gasteiger partial charge on any atom is 0.129 e. The van der Waals surface area contributed by atoms with E-state index in [2.05, 4.69) is 4.12 Å². The van der Waals surface area contributed by atoms with Crippen molar-refractivity contribution in [3.05, 3.63) is 0 Å². The molecule has 0 unspecified atom stereocenters. The van der Waals surface area contributed by atoms with Crippen molar-refractivity contribution in [2.75, 3.05) is 0 Å². The van der Waals surface area contributed by atoms with Crippen LogP contribution in [-0.2, 0) is 4.12 Å². The molecule has 4 heteroatoms. The molecule has 0 saturated heterocycles. The van der Waals surface area contributed by atoms with Gasteiger partial charge in [-0.05, 0) is 11.0 Å². The summed E-state index contributed by atoms with van der Waals surface area (Å²) in [6.07, 6.45) is 0. The molecule has 3 radical (unpaired) electrons. The highest BCUT2D eigenvalue weighted by atomic mass is 28.3. The Balaban J connectivity index is 0. The van der Waals surface area contributed by atoms with Crippen molar-refractivity contribution < 1.29 is 4.12 Å². The third-order valence-corrected chi connectivity index (χ3v) is 0. The molecule has 0 saturated carbocycles. The van der Waals surface area contributed by atoms with E-state index in [1.807, 2.05) is 0 Å². The minimum Gasteiger partial charge on any atom is -0.471 e. The van der Waals surface area contributed by atoms with E-state index in [-0.39, 0.29) is 11.0 Å². The van der Waals surface area contributed by atoms with E-state index >= 15 is 0 Å². The van der Waals surface area contributed by atoms with E-state index in [9.17, 15) is 0 Å². The van der Waals surface area contributed by atoms with Crippen molar-refractivity contribution >= 4 is 31.9 Å². The molecule has 0 aromatic carbocycles. The van der Waals surface area contributed by atoms with Gasteiger partial charge in [-0.3, -0.25) is 0 Å². The number of hydrogen-bond donors (Lipinski definition) is 0. The Bertz CT molecular complexity index is 3.25. The van der Waals surface area contributed by atoms with Gasteiger partial charge in [-0.1, -0.05) is 0 Å². The molecule has 0 aliphatic carbocycles. The largest absolute Gasteiger partial charge is 0.471 e. The fourth-order valence-corrected chi connectivity index (χ4v) is 0. The summed E-state index contributed by atoms with van der Waals surface area (Å²) in [5, 5.41) is 0. The molecule has 0 amide bonds. The summed E-state index contributed by atoms with van der Waals surface area (Å²) >= 11 is 0. The second kappa shape index (κ2) is 9.49. The van der Waals surface area contributed by atoms with E-state index in [0.29, 0.717) is 0 Å². The molecule has 0 aliphatic heterocycles. The predicted octanol–water partition coefficient (Wildman–Crippen LogP) is -3.08. The van der Waals surface area contributed by atoms with Crippen LogP contribution in [0, 0.1) is 0 Å². The molecule has 0 atom stereocenters. The highest BCUT2D eigenvalue weighted by Crippen LogP contribution is 1.20. The van der Waals surface area contributed by atoms with Crippen LogP contribution in [0.25, 0.3) is 0 Å². The zero-order chi connectivity index (χ0) is 2.71. The highest BCUT2D eigenvalue weighted by molar-refractivity contribution is 6.15. The van der Waals surface area contributed by atoms with E-state index < -0.39 is 0 Å². The second-order valence-electron chi connectivity index (χ2n) is 0.408. The zero-order valence-corrected chi connectivity index (χ0v) is 8.14. The molecule has 0 spiro atoms. The van der Waals surface area contributed by atoms with Crippen LogP contribution in [0.1, 0.15) is 0 Å². The van der Waals surface area contributed by atoms with Gasteiger partial charge in [0.05, 0.1) is 0 Å². The first-order valence-electron chi connectivity index (χ1n) is 0.816. The first-order valence-corrected chi connectivity index (χ1v) is 2.45. The SMILES string of the molecule is [SiH3]O[SiH3].[SiH]. The van der Waals surface area contributed by atoms with Gasteiger partial charge in [-0.15, -0.1) is 0 Å². The predicted molar refractivity (Wildman–Crippen MR) is 28.1 cm³/mol. The van der Waals surface area contributed by atoms with Crippen LogP contribution in [-0.4, -0.2) is 31.9 Å². The van der Waals surface area contributed by atoms with Gasteiger partial charge in [0.1, 0.15) is 21.0 Å². The van der Waals surface area contributed by atoms with Gasteiger partial charge in [0.15, 0.2) is 0 Å². The molecular weight excluding hydrogens is 100 g/mol. The molecule has 0 heterocycles. The first-order chi connectivity index (χ1) is 1.41. The molecule has 1 nitrogen and oxygen atoms in total. The lowest BCUT2D eigenvalue weighted by Crippen LogP contribution is -1.65. The van der Waals surface area contributed by atoms with Crippen LogP contribution in [0.4, 0.5) is 0 Å². The van der Waals surface area contributed by atoms with E-state index in [1.165, 1.54) is 0 Å². The van der Waals surface area contributed by atoms with Crippen molar-refractivity contribution in [3.8, 4) is 0 Å². The van der Waals surface area contributed by atoms with Crippen LogP contribution in [0.15, 0.2) is 0 Å². The van der Waals surface area contributed by atoms with Gasteiger partial charge in [0.2, 0.25) is 0 Å². The van der Waals surface area contributed by atoms with Crippen LogP contribution in [0.2, 0.25) is 0 Å². The van der Waals surface area contributed by atoms with Crippen molar-refractivity contribution in [3.63, 3.8) is 0 Å². The summed E-state index contributed by atoms with van der Waals surface area (Å²) < 4.78 is 4.53. The average molecular weight is 107 g/mol. The van der Waals surface area contributed by atoms with E-state index in [0.717, 1.165) is 21.0 Å². The summed E-state index contributed by atoms with van der Waals surface area (Å²) in [6.45, 7) is 0. The minimum atomic E-state index is 0. The summed E-state index contributed by atoms with van der Waals surface area (Å²) in [5.41, 5.74) is 0. The normalized spacial score (nSPS) is 6.00. The average Bonchev–Trinajstić information content (AvgIpc) is 0.918. The third kappa shape index (κ3) is 18.2. The standard InChI is InChI=1S/H6OSi2.HSi/c2-1-3;/h2-3H3;1H. The van der Waals surface area contributed by atoms with Gasteiger partial charge in [-0.25, -0.2) is 0 Å². The van der Waals surface area contributed by atoms with Crippen LogP contribution >= 0.6 is 0 Å². The molecule has 0 N–H and O–H groups in total. The summed E-state index contributed by atoms with van der Waals surface area (Å²) in [4.78, 5) is 0. The molecule has 25 valence electrons. The second-order valence-corrected chi connectivity index (χ2v) is 3.67. The Morgan fingerprint density at radius 1 is 1.25 bits per heavy atom. The van der Waals surface area contributed by atoms with Gasteiger partial charge >= 0.3 is 0 Å². The summed E-state index contributed by atoms with van der Waals surface area (Å²) in [7, 11) is 1.86. The third-order valence-electron chi connectivity index (χ3n) is 0. The maximum absolute atomic E-state index is 4.53. The molecule has 0 aromatic rings. The van der Waals surface area contributed by atoms with Crippen LogP contribution in [0.5, 0.6) is 0 Å². The summed E-state index contributed by atoms with van der Waals surface area (Å²) in [5.74, 6) is 0. The van der Waals surface area contributed by atoms with Crippen molar-refractivity contribution in [2.24, 2.45) is 0 Å². The first kappa shape index (κ1) is 8.82. The topological polar surface area (TPSA) is 9.23 Å². The van der Waals surface area contributed by atoms with Gasteiger partial charge in [-0.2, -0.15) is 0 Å². The van der Waals surface area contributed by atoms with Gasteiger partial charge in [0.25, 0.3) is 0 Å². The van der Waals surface area contributed by atoms with Gasteiger partial charge < -0.3 is 4.12 Å². The minimum absolute atomic E-state index is 0. The zero-order valence-electron chi connectivity index (χ0n) is 2.99. The van der Waals surface area contributed by atoms with Crippen molar-refractivity contribution in [1.29, 1.82) is 0 Å². The van der Waals surface area contributed by atoms with Crippen LogP contribution in [0.3, 0.4) is 0 Å². The smallest absolute Gasteiger partial charge is 0.129 e.